The summed E-state index contributed by atoms with van der Waals surface area (Å²) >= 11 is 0. The molecule has 1 saturated heterocycles. The third-order valence-corrected chi connectivity index (χ3v) is 4.44. The predicted molar refractivity (Wildman–Crippen MR) is 91.7 cm³/mol. The lowest BCUT2D eigenvalue weighted by Crippen LogP contribution is -2.28. The standard InChI is InChI=1S/C19H16F4N2O2/c1-11-5-6-14(20)9-16(11)24-18(27)12-7-17(26)25(10-12)15-4-2-3-13(8-15)19(21,22)23/h2-6,8-9,12H,7,10H2,1H3,(H,24,27). The molecule has 0 spiro atoms. The average Bonchev–Trinajstić information content (AvgIpc) is 2.99. The SMILES string of the molecule is Cc1ccc(F)cc1NC(=O)C1CC(=O)N(c2cccc(C(F)(F)F)c2)C1. The predicted octanol–water partition coefficient (Wildman–Crippen LogP) is 4.14. The Kier molecular flexibility index (Phi) is 4.91. The van der Waals surface area contributed by atoms with Crippen LogP contribution in [0, 0.1) is 18.7 Å². The summed E-state index contributed by atoms with van der Waals surface area (Å²) in [7, 11) is 0. The van der Waals surface area contributed by atoms with Crippen molar-refractivity contribution in [2.45, 2.75) is 19.5 Å². The summed E-state index contributed by atoms with van der Waals surface area (Å²) < 4.78 is 52.0. The minimum atomic E-state index is -4.52. The van der Waals surface area contributed by atoms with Crippen molar-refractivity contribution in [1.29, 1.82) is 0 Å². The van der Waals surface area contributed by atoms with Gasteiger partial charge in [0.25, 0.3) is 0 Å². The summed E-state index contributed by atoms with van der Waals surface area (Å²) in [5.74, 6) is -2.17. The number of alkyl halides is 3. The molecule has 0 saturated carbocycles. The number of amides is 2. The highest BCUT2D eigenvalue weighted by molar-refractivity contribution is 6.03. The van der Waals surface area contributed by atoms with Gasteiger partial charge in [0.15, 0.2) is 0 Å². The second-order valence-electron chi connectivity index (χ2n) is 6.40. The molecule has 1 aliphatic rings. The van der Waals surface area contributed by atoms with Crippen LogP contribution in [0.15, 0.2) is 42.5 Å². The Bertz CT molecular complexity index is 896. The molecule has 8 heteroatoms. The van der Waals surface area contributed by atoms with Gasteiger partial charge in [-0.05, 0) is 42.8 Å². The van der Waals surface area contributed by atoms with Crippen molar-refractivity contribution >= 4 is 23.2 Å². The summed E-state index contributed by atoms with van der Waals surface area (Å²) in [6, 6.07) is 8.36. The quantitative estimate of drug-likeness (QED) is 0.814. The van der Waals surface area contributed by atoms with Crippen molar-refractivity contribution in [3.05, 3.63) is 59.4 Å². The van der Waals surface area contributed by atoms with E-state index in [1.807, 2.05) is 0 Å². The van der Waals surface area contributed by atoms with Gasteiger partial charge in [0, 0.05) is 24.3 Å². The first-order valence-corrected chi connectivity index (χ1v) is 8.20. The van der Waals surface area contributed by atoms with E-state index in [0.29, 0.717) is 11.3 Å². The number of nitrogens with one attached hydrogen (secondary N) is 1. The lowest BCUT2D eigenvalue weighted by atomic mass is 10.1. The van der Waals surface area contributed by atoms with Gasteiger partial charge in [-0.2, -0.15) is 13.2 Å². The van der Waals surface area contributed by atoms with Crippen LogP contribution in [0.5, 0.6) is 0 Å². The number of carbonyl (C=O) groups excluding carboxylic acids is 2. The molecule has 1 heterocycles. The van der Waals surface area contributed by atoms with Crippen LogP contribution in [0.4, 0.5) is 28.9 Å². The lowest BCUT2D eigenvalue weighted by Gasteiger charge is -2.18. The van der Waals surface area contributed by atoms with Crippen LogP contribution in [-0.2, 0) is 15.8 Å². The smallest absolute Gasteiger partial charge is 0.325 e. The molecule has 1 unspecified atom stereocenters. The number of nitrogens with zero attached hydrogens (tertiary/aromatic N) is 1. The molecule has 0 bridgehead atoms. The molecule has 4 nitrogen and oxygen atoms in total. The zero-order valence-electron chi connectivity index (χ0n) is 14.3. The molecular formula is C19H16F4N2O2. The third kappa shape index (κ3) is 4.10. The minimum absolute atomic E-state index is 0.0413. The first-order valence-electron chi connectivity index (χ1n) is 8.20. The summed E-state index contributed by atoms with van der Waals surface area (Å²) in [6.07, 6.45) is -4.65. The fraction of sp³-hybridized carbons (Fsp3) is 0.263. The highest BCUT2D eigenvalue weighted by Gasteiger charge is 2.37. The molecule has 2 aromatic rings. The van der Waals surface area contributed by atoms with Gasteiger partial charge in [-0.3, -0.25) is 9.59 Å². The van der Waals surface area contributed by atoms with Crippen molar-refractivity contribution in [2.24, 2.45) is 5.92 Å². The van der Waals surface area contributed by atoms with Crippen molar-refractivity contribution in [3.63, 3.8) is 0 Å². The first kappa shape index (κ1) is 18.9. The Labute approximate surface area is 152 Å². The van der Waals surface area contributed by atoms with Gasteiger partial charge < -0.3 is 10.2 Å². The van der Waals surface area contributed by atoms with E-state index in [1.165, 1.54) is 30.3 Å². The number of aryl methyl sites for hydroxylation is 1. The highest BCUT2D eigenvalue weighted by atomic mass is 19.4. The van der Waals surface area contributed by atoms with E-state index in [1.54, 1.807) is 6.92 Å². The minimum Gasteiger partial charge on any atom is -0.325 e. The van der Waals surface area contributed by atoms with Gasteiger partial charge in [0.1, 0.15) is 5.82 Å². The van der Waals surface area contributed by atoms with E-state index in [2.05, 4.69) is 5.32 Å². The summed E-state index contributed by atoms with van der Waals surface area (Å²) in [4.78, 5) is 25.8. The third-order valence-electron chi connectivity index (χ3n) is 4.44. The Morgan fingerprint density at radius 1 is 1.19 bits per heavy atom. The number of rotatable bonds is 3. The zero-order valence-corrected chi connectivity index (χ0v) is 14.3. The van der Waals surface area contributed by atoms with Crippen LogP contribution in [0.3, 0.4) is 0 Å². The van der Waals surface area contributed by atoms with Gasteiger partial charge >= 0.3 is 6.18 Å². The molecule has 142 valence electrons. The highest BCUT2D eigenvalue weighted by Crippen LogP contribution is 2.33. The summed E-state index contributed by atoms with van der Waals surface area (Å²) in [6.45, 7) is 1.66. The lowest BCUT2D eigenvalue weighted by molar-refractivity contribution is -0.137. The van der Waals surface area contributed by atoms with Gasteiger partial charge in [0.05, 0.1) is 11.5 Å². The molecule has 1 N–H and O–H groups in total. The van der Waals surface area contributed by atoms with Crippen molar-refractivity contribution in [3.8, 4) is 0 Å². The van der Waals surface area contributed by atoms with Crippen LogP contribution < -0.4 is 10.2 Å². The van der Waals surface area contributed by atoms with Crippen molar-refractivity contribution in [1.82, 2.24) is 0 Å². The van der Waals surface area contributed by atoms with E-state index in [-0.39, 0.29) is 18.7 Å². The number of hydrogen-bond donors (Lipinski definition) is 1. The molecule has 0 aromatic heterocycles. The van der Waals surface area contributed by atoms with Gasteiger partial charge in [0.2, 0.25) is 11.8 Å². The fourth-order valence-corrected chi connectivity index (χ4v) is 2.95. The topological polar surface area (TPSA) is 49.4 Å². The molecule has 0 aliphatic carbocycles. The molecule has 2 aromatic carbocycles. The fourth-order valence-electron chi connectivity index (χ4n) is 2.95. The average molecular weight is 380 g/mol. The second-order valence-corrected chi connectivity index (χ2v) is 6.40. The van der Waals surface area contributed by atoms with E-state index in [4.69, 9.17) is 0 Å². The van der Waals surface area contributed by atoms with Gasteiger partial charge in [-0.25, -0.2) is 4.39 Å². The van der Waals surface area contributed by atoms with Crippen LogP contribution in [0.1, 0.15) is 17.5 Å². The Morgan fingerprint density at radius 3 is 2.63 bits per heavy atom. The number of hydrogen-bond acceptors (Lipinski definition) is 2. The molecule has 27 heavy (non-hydrogen) atoms. The van der Waals surface area contributed by atoms with Crippen LogP contribution in [-0.4, -0.2) is 18.4 Å². The Hall–Kier alpha value is -2.90. The summed E-state index contributed by atoms with van der Waals surface area (Å²) in [5.41, 5.74) is 0.178. The largest absolute Gasteiger partial charge is 0.416 e. The molecule has 0 radical (unpaired) electrons. The number of anilines is 2. The maximum Gasteiger partial charge on any atom is 0.416 e. The first-order chi connectivity index (χ1) is 12.6. The molecule has 1 atom stereocenters. The van der Waals surface area contributed by atoms with Crippen LogP contribution in [0.25, 0.3) is 0 Å². The zero-order chi connectivity index (χ0) is 19.8. The van der Waals surface area contributed by atoms with E-state index >= 15 is 0 Å². The molecular weight excluding hydrogens is 364 g/mol. The van der Waals surface area contributed by atoms with Crippen molar-refractivity contribution in [2.75, 3.05) is 16.8 Å². The van der Waals surface area contributed by atoms with E-state index in [9.17, 15) is 27.2 Å². The van der Waals surface area contributed by atoms with E-state index < -0.39 is 35.3 Å². The Balaban J connectivity index is 1.75. The van der Waals surface area contributed by atoms with E-state index in [0.717, 1.165) is 17.0 Å². The van der Waals surface area contributed by atoms with Gasteiger partial charge in [-0.1, -0.05) is 12.1 Å². The second kappa shape index (κ2) is 7.02. The normalized spacial score (nSPS) is 17.3. The molecule has 2 amide bonds. The monoisotopic (exact) mass is 380 g/mol. The molecule has 3 rings (SSSR count). The number of benzene rings is 2. The van der Waals surface area contributed by atoms with Crippen molar-refractivity contribution < 1.29 is 27.2 Å². The maximum absolute atomic E-state index is 13.3. The number of carbonyl (C=O) groups is 2. The van der Waals surface area contributed by atoms with Crippen LogP contribution >= 0.6 is 0 Å². The Morgan fingerprint density at radius 2 is 1.93 bits per heavy atom. The van der Waals surface area contributed by atoms with Gasteiger partial charge in [-0.15, -0.1) is 0 Å². The molecule has 1 fully saturated rings. The van der Waals surface area contributed by atoms with Crippen LogP contribution in [0.2, 0.25) is 0 Å². The molecule has 1 aliphatic heterocycles. The number of halogens is 4. The maximum atomic E-state index is 13.3. The summed E-state index contributed by atoms with van der Waals surface area (Å²) in [5, 5.41) is 2.58.